The molecule has 0 aromatic carbocycles. The molecule has 0 saturated carbocycles. The van der Waals surface area contributed by atoms with Gasteiger partial charge in [-0.2, -0.15) is 0 Å². The van der Waals surface area contributed by atoms with Crippen LogP contribution in [-0.4, -0.2) is 29.7 Å². The molecule has 1 heterocycles. The Balaban J connectivity index is 3.22. The van der Waals surface area contributed by atoms with E-state index in [1.165, 1.54) is 0 Å². The number of aromatic nitrogens is 2. The molecule has 5 heteroatoms. The average Bonchev–Trinajstić information content (AvgIpc) is 2.47. The van der Waals surface area contributed by atoms with Crippen LogP contribution in [0.4, 0.5) is 0 Å². The van der Waals surface area contributed by atoms with Gasteiger partial charge in [0.1, 0.15) is 5.60 Å². The summed E-state index contributed by atoms with van der Waals surface area (Å²) >= 11 is 0. The van der Waals surface area contributed by atoms with Gasteiger partial charge in [-0.3, -0.25) is 0 Å². The number of hydrogen-bond acceptors (Lipinski definition) is 5. The maximum atomic E-state index is 11.9. The quantitative estimate of drug-likeness (QED) is 0.719. The second-order valence-electron chi connectivity index (χ2n) is 4.81. The van der Waals surface area contributed by atoms with Crippen molar-refractivity contribution in [2.24, 2.45) is 0 Å². The zero-order valence-corrected chi connectivity index (χ0v) is 13.0. The van der Waals surface area contributed by atoms with E-state index in [1.807, 2.05) is 20.8 Å². The summed E-state index contributed by atoms with van der Waals surface area (Å²) in [7, 11) is 1.64. The normalized spacial score (nSPS) is 13.8. The number of carbonyl (C=O) groups excluding carboxylic acids is 1. The molecule has 1 atom stereocenters. The predicted octanol–water partition coefficient (Wildman–Crippen LogP) is 2.88. The van der Waals surface area contributed by atoms with E-state index in [0.29, 0.717) is 24.4 Å². The zero-order valence-electron chi connectivity index (χ0n) is 13.0. The van der Waals surface area contributed by atoms with E-state index in [2.05, 4.69) is 9.97 Å². The van der Waals surface area contributed by atoms with Crippen LogP contribution in [0, 0.1) is 0 Å². The third kappa shape index (κ3) is 3.54. The Hall–Kier alpha value is -1.49. The number of carbonyl (C=O) groups is 1. The van der Waals surface area contributed by atoms with Crippen molar-refractivity contribution in [1.82, 2.24) is 9.97 Å². The van der Waals surface area contributed by atoms with Gasteiger partial charge in [0.25, 0.3) is 0 Å². The molecular formula is C15H24N2O3. The minimum Gasteiger partial charge on any atom is -0.462 e. The molecular weight excluding hydrogens is 256 g/mol. The van der Waals surface area contributed by atoms with E-state index in [-0.39, 0.29) is 5.97 Å². The Kier molecular flexibility index (Phi) is 6.07. The predicted molar refractivity (Wildman–Crippen MR) is 76.6 cm³/mol. The first-order chi connectivity index (χ1) is 9.52. The van der Waals surface area contributed by atoms with Crippen LogP contribution in [0.3, 0.4) is 0 Å². The summed E-state index contributed by atoms with van der Waals surface area (Å²) < 4.78 is 10.6. The topological polar surface area (TPSA) is 61.3 Å². The van der Waals surface area contributed by atoms with Gasteiger partial charge < -0.3 is 9.47 Å². The van der Waals surface area contributed by atoms with Crippen molar-refractivity contribution in [3.8, 4) is 0 Å². The maximum absolute atomic E-state index is 11.9. The van der Waals surface area contributed by atoms with Crippen molar-refractivity contribution < 1.29 is 14.3 Å². The number of rotatable bonds is 7. The Morgan fingerprint density at radius 3 is 2.55 bits per heavy atom. The third-order valence-electron chi connectivity index (χ3n) is 3.45. The lowest BCUT2D eigenvalue weighted by Crippen LogP contribution is -2.27. The minimum atomic E-state index is -0.532. The molecule has 1 aromatic rings. The van der Waals surface area contributed by atoms with Crippen molar-refractivity contribution in [2.45, 2.75) is 52.6 Å². The fraction of sp³-hybridized carbons (Fsp3) is 0.667. The molecule has 0 fully saturated rings. The van der Waals surface area contributed by atoms with E-state index in [9.17, 15) is 4.79 Å². The van der Waals surface area contributed by atoms with E-state index in [0.717, 1.165) is 18.5 Å². The van der Waals surface area contributed by atoms with Gasteiger partial charge in [-0.1, -0.05) is 20.3 Å². The minimum absolute atomic E-state index is 0.344. The first-order valence-corrected chi connectivity index (χ1v) is 7.11. The highest BCUT2D eigenvalue weighted by Crippen LogP contribution is 2.26. The molecule has 1 rings (SSSR count). The monoisotopic (exact) mass is 280 g/mol. The summed E-state index contributed by atoms with van der Waals surface area (Å²) in [5.41, 5.74) is 0.648. The Morgan fingerprint density at radius 1 is 1.35 bits per heavy atom. The van der Waals surface area contributed by atoms with Crippen LogP contribution in [0.25, 0.3) is 0 Å². The molecule has 0 aliphatic heterocycles. The van der Waals surface area contributed by atoms with Crippen molar-refractivity contribution in [3.63, 3.8) is 0 Å². The van der Waals surface area contributed by atoms with Gasteiger partial charge >= 0.3 is 5.97 Å². The average molecular weight is 280 g/mol. The highest BCUT2D eigenvalue weighted by molar-refractivity contribution is 5.90. The fourth-order valence-electron chi connectivity index (χ4n) is 1.87. The lowest BCUT2D eigenvalue weighted by Gasteiger charge is -2.25. The van der Waals surface area contributed by atoms with E-state index in [4.69, 9.17) is 9.47 Å². The van der Waals surface area contributed by atoms with Crippen LogP contribution in [0.5, 0.6) is 0 Å². The number of esters is 1. The van der Waals surface area contributed by atoms with Crippen LogP contribution >= 0.6 is 0 Å². The molecule has 112 valence electrons. The standard InChI is InChI=1S/C15H24N2O3/c1-6-9-12-11(13(18)20-8-3)10-16-14(17-12)15(4,7-2)19-5/h10H,6-9H2,1-5H3. The highest BCUT2D eigenvalue weighted by atomic mass is 16.5. The van der Waals surface area contributed by atoms with Gasteiger partial charge in [0.05, 0.1) is 17.9 Å². The molecule has 0 aliphatic carbocycles. The molecule has 0 amide bonds. The van der Waals surface area contributed by atoms with E-state index in [1.54, 1.807) is 20.2 Å². The number of ether oxygens (including phenoxy) is 2. The van der Waals surface area contributed by atoms with Gasteiger partial charge in [0.2, 0.25) is 0 Å². The fourth-order valence-corrected chi connectivity index (χ4v) is 1.87. The van der Waals surface area contributed by atoms with Crippen LogP contribution in [0.1, 0.15) is 62.4 Å². The van der Waals surface area contributed by atoms with Crippen molar-refractivity contribution >= 4 is 5.97 Å². The molecule has 1 aromatic heterocycles. The van der Waals surface area contributed by atoms with Gasteiger partial charge in [-0.05, 0) is 26.7 Å². The Morgan fingerprint density at radius 2 is 2.05 bits per heavy atom. The van der Waals surface area contributed by atoms with E-state index < -0.39 is 5.60 Å². The van der Waals surface area contributed by atoms with Crippen molar-refractivity contribution in [1.29, 1.82) is 0 Å². The zero-order chi connectivity index (χ0) is 15.2. The number of hydrogen-bond donors (Lipinski definition) is 0. The SMILES string of the molecule is CCCc1nc(C(C)(CC)OC)ncc1C(=O)OCC. The summed E-state index contributed by atoms with van der Waals surface area (Å²) in [5.74, 6) is 0.247. The second kappa shape index (κ2) is 7.33. The molecule has 0 saturated heterocycles. The Bertz CT molecular complexity index is 456. The van der Waals surface area contributed by atoms with Crippen LogP contribution in [-0.2, 0) is 21.5 Å². The first-order valence-electron chi connectivity index (χ1n) is 7.11. The first kappa shape index (κ1) is 16.6. The molecule has 20 heavy (non-hydrogen) atoms. The molecule has 0 bridgehead atoms. The van der Waals surface area contributed by atoms with Crippen LogP contribution in [0.2, 0.25) is 0 Å². The third-order valence-corrected chi connectivity index (χ3v) is 3.45. The molecule has 0 spiro atoms. The molecule has 5 nitrogen and oxygen atoms in total. The molecule has 0 aliphatic rings. The van der Waals surface area contributed by atoms with Gasteiger partial charge in [0.15, 0.2) is 5.82 Å². The molecule has 1 unspecified atom stereocenters. The second-order valence-corrected chi connectivity index (χ2v) is 4.81. The number of methoxy groups -OCH3 is 1. The summed E-state index contributed by atoms with van der Waals surface area (Å²) in [5, 5.41) is 0. The lowest BCUT2D eigenvalue weighted by atomic mass is 10.0. The van der Waals surface area contributed by atoms with Gasteiger partial charge in [0, 0.05) is 13.3 Å². The smallest absolute Gasteiger partial charge is 0.341 e. The summed E-state index contributed by atoms with van der Waals surface area (Å²) in [6.45, 7) is 8.14. The molecule has 0 N–H and O–H groups in total. The van der Waals surface area contributed by atoms with Gasteiger partial charge in [-0.25, -0.2) is 14.8 Å². The lowest BCUT2D eigenvalue weighted by molar-refractivity contribution is -0.00927. The summed E-state index contributed by atoms with van der Waals surface area (Å²) in [6.07, 6.45) is 3.93. The summed E-state index contributed by atoms with van der Waals surface area (Å²) in [4.78, 5) is 20.8. The van der Waals surface area contributed by atoms with E-state index >= 15 is 0 Å². The summed E-state index contributed by atoms with van der Waals surface area (Å²) in [6, 6.07) is 0. The molecule has 0 radical (unpaired) electrons. The number of nitrogens with zero attached hydrogens (tertiary/aromatic N) is 2. The highest BCUT2D eigenvalue weighted by Gasteiger charge is 2.29. The van der Waals surface area contributed by atoms with Crippen molar-refractivity contribution in [3.05, 3.63) is 23.3 Å². The van der Waals surface area contributed by atoms with Crippen LogP contribution in [0.15, 0.2) is 6.20 Å². The number of aryl methyl sites for hydroxylation is 1. The van der Waals surface area contributed by atoms with Gasteiger partial charge in [-0.15, -0.1) is 0 Å². The largest absolute Gasteiger partial charge is 0.462 e. The van der Waals surface area contributed by atoms with Crippen molar-refractivity contribution in [2.75, 3.05) is 13.7 Å². The Labute approximate surface area is 120 Å². The maximum Gasteiger partial charge on any atom is 0.341 e. The van der Waals surface area contributed by atoms with Crippen LogP contribution < -0.4 is 0 Å².